The first-order chi connectivity index (χ1) is 12.6. The van der Waals surface area contributed by atoms with E-state index in [9.17, 15) is 9.59 Å². The molecule has 0 aliphatic rings. The van der Waals surface area contributed by atoms with E-state index in [0.29, 0.717) is 23.3 Å². The van der Waals surface area contributed by atoms with Gasteiger partial charge in [0.15, 0.2) is 0 Å². The van der Waals surface area contributed by atoms with Crippen molar-refractivity contribution in [2.24, 2.45) is 0 Å². The van der Waals surface area contributed by atoms with E-state index >= 15 is 0 Å². The number of carbonyl (C=O) groups is 1. The molecule has 0 spiro atoms. The zero-order valence-electron chi connectivity index (χ0n) is 14.9. The molecule has 1 N–H and O–H groups in total. The number of rotatable bonds is 5. The number of hydrogen-bond donors (Lipinski definition) is 1. The SMILES string of the molecule is CCN(Cc1nc2ccccc2c(=O)[nH]1)C(=O)/C=C/c1ccc(C)cc1. The van der Waals surface area contributed by atoms with Crippen LogP contribution in [-0.2, 0) is 11.3 Å². The standard InChI is InChI=1S/C21H21N3O2/c1-3-24(20(25)13-12-16-10-8-15(2)9-11-16)14-19-22-18-7-5-4-6-17(18)21(26)23-19/h4-13H,3,14H2,1-2H3,(H,22,23,26)/b13-12+. The number of para-hydroxylation sites is 1. The van der Waals surface area contributed by atoms with Crippen molar-refractivity contribution in [1.29, 1.82) is 0 Å². The second-order valence-corrected chi connectivity index (χ2v) is 6.13. The number of aromatic nitrogens is 2. The molecule has 1 amide bonds. The van der Waals surface area contributed by atoms with Gasteiger partial charge in [-0.25, -0.2) is 4.98 Å². The number of fused-ring (bicyclic) bond motifs is 1. The van der Waals surface area contributed by atoms with Gasteiger partial charge in [-0.05, 0) is 37.6 Å². The minimum atomic E-state index is -0.190. The first kappa shape index (κ1) is 17.6. The number of hydrogen-bond acceptors (Lipinski definition) is 3. The summed E-state index contributed by atoms with van der Waals surface area (Å²) in [4.78, 5) is 33.5. The molecule has 0 aliphatic carbocycles. The van der Waals surface area contributed by atoms with Crippen LogP contribution in [0, 0.1) is 6.92 Å². The molecule has 26 heavy (non-hydrogen) atoms. The Morgan fingerprint density at radius 1 is 1.15 bits per heavy atom. The van der Waals surface area contributed by atoms with Crippen LogP contribution in [0.2, 0.25) is 0 Å². The summed E-state index contributed by atoms with van der Waals surface area (Å²) in [5.74, 6) is 0.358. The number of nitrogens with zero attached hydrogens (tertiary/aromatic N) is 2. The van der Waals surface area contributed by atoms with E-state index in [-0.39, 0.29) is 18.0 Å². The third-order valence-corrected chi connectivity index (χ3v) is 4.19. The molecule has 0 bridgehead atoms. The first-order valence-corrected chi connectivity index (χ1v) is 8.58. The van der Waals surface area contributed by atoms with Gasteiger partial charge in [0.1, 0.15) is 5.82 Å². The lowest BCUT2D eigenvalue weighted by Crippen LogP contribution is -2.30. The first-order valence-electron chi connectivity index (χ1n) is 8.58. The molecule has 1 aromatic heterocycles. The number of aromatic amines is 1. The molecule has 0 aliphatic heterocycles. The summed E-state index contributed by atoms with van der Waals surface area (Å²) < 4.78 is 0. The van der Waals surface area contributed by atoms with Crippen molar-refractivity contribution in [3.8, 4) is 0 Å². The Kier molecular flexibility index (Phi) is 5.27. The molecular weight excluding hydrogens is 326 g/mol. The van der Waals surface area contributed by atoms with Crippen molar-refractivity contribution in [3.63, 3.8) is 0 Å². The van der Waals surface area contributed by atoms with Gasteiger partial charge < -0.3 is 9.88 Å². The second kappa shape index (κ2) is 7.78. The maximum atomic E-state index is 12.5. The number of benzene rings is 2. The van der Waals surface area contributed by atoms with Gasteiger partial charge in [-0.3, -0.25) is 9.59 Å². The normalized spacial score (nSPS) is 11.2. The number of carbonyl (C=O) groups excluding carboxylic acids is 1. The van der Waals surface area contributed by atoms with E-state index in [2.05, 4.69) is 9.97 Å². The van der Waals surface area contributed by atoms with Crippen molar-refractivity contribution in [2.45, 2.75) is 20.4 Å². The summed E-state index contributed by atoms with van der Waals surface area (Å²) in [5, 5.41) is 0.546. The lowest BCUT2D eigenvalue weighted by Gasteiger charge is -2.18. The molecule has 1 heterocycles. The van der Waals surface area contributed by atoms with Crippen molar-refractivity contribution in [1.82, 2.24) is 14.9 Å². The maximum Gasteiger partial charge on any atom is 0.258 e. The Labute approximate surface area is 152 Å². The van der Waals surface area contributed by atoms with Crippen molar-refractivity contribution >= 4 is 22.9 Å². The van der Waals surface area contributed by atoms with Gasteiger partial charge in [0.2, 0.25) is 5.91 Å². The Balaban J connectivity index is 1.77. The highest BCUT2D eigenvalue weighted by atomic mass is 16.2. The van der Waals surface area contributed by atoms with Gasteiger partial charge >= 0.3 is 0 Å². The van der Waals surface area contributed by atoms with Crippen molar-refractivity contribution in [2.75, 3.05) is 6.54 Å². The van der Waals surface area contributed by atoms with Crippen molar-refractivity contribution < 1.29 is 4.79 Å². The van der Waals surface area contributed by atoms with Crippen molar-refractivity contribution in [3.05, 3.63) is 81.9 Å². The molecule has 0 radical (unpaired) electrons. The number of nitrogens with one attached hydrogen (secondary N) is 1. The molecule has 2 aromatic carbocycles. The lowest BCUT2D eigenvalue weighted by atomic mass is 10.1. The molecule has 0 saturated heterocycles. The monoisotopic (exact) mass is 347 g/mol. The summed E-state index contributed by atoms with van der Waals surface area (Å²) in [5.41, 5.74) is 2.58. The fourth-order valence-corrected chi connectivity index (χ4v) is 2.69. The fourth-order valence-electron chi connectivity index (χ4n) is 2.69. The number of H-pyrrole nitrogens is 1. The lowest BCUT2D eigenvalue weighted by molar-refractivity contribution is -0.126. The van der Waals surface area contributed by atoms with E-state index < -0.39 is 0 Å². The molecule has 5 nitrogen and oxygen atoms in total. The quantitative estimate of drug-likeness (QED) is 0.720. The zero-order chi connectivity index (χ0) is 18.5. The largest absolute Gasteiger partial charge is 0.332 e. The third kappa shape index (κ3) is 4.06. The van der Waals surface area contributed by atoms with Gasteiger partial charge in [-0.1, -0.05) is 42.0 Å². The third-order valence-electron chi connectivity index (χ3n) is 4.19. The smallest absolute Gasteiger partial charge is 0.258 e. The molecule has 132 valence electrons. The van der Waals surface area contributed by atoms with E-state index in [1.807, 2.05) is 44.2 Å². The van der Waals surface area contributed by atoms with E-state index in [0.717, 1.165) is 5.56 Å². The molecule has 0 atom stereocenters. The highest BCUT2D eigenvalue weighted by molar-refractivity contribution is 5.91. The van der Waals surface area contributed by atoms with Gasteiger partial charge in [-0.15, -0.1) is 0 Å². The van der Waals surface area contributed by atoms with Crippen LogP contribution in [0.1, 0.15) is 23.9 Å². The Bertz CT molecular complexity index is 1000. The predicted molar refractivity (Wildman–Crippen MR) is 104 cm³/mol. The van der Waals surface area contributed by atoms with Crippen LogP contribution in [0.5, 0.6) is 0 Å². The molecule has 5 heteroatoms. The van der Waals surface area contributed by atoms with Crippen LogP contribution in [0.25, 0.3) is 17.0 Å². The Morgan fingerprint density at radius 3 is 2.62 bits per heavy atom. The van der Waals surface area contributed by atoms with E-state index in [1.54, 1.807) is 35.3 Å². The van der Waals surface area contributed by atoms with Crippen LogP contribution in [0.15, 0.2) is 59.4 Å². The zero-order valence-corrected chi connectivity index (χ0v) is 14.9. The average molecular weight is 347 g/mol. The molecule has 3 aromatic rings. The molecular formula is C21H21N3O2. The van der Waals surface area contributed by atoms with E-state index in [4.69, 9.17) is 0 Å². The summed E-state index contributed by atoms with van der Waals surface area (Å²) in [6.45, 7) is 4.70. The Hall–Kier alpha value is -3.21. The van der Waals surface area contributed by atoms with Gasteiger partial charge in [-0.2, -0.15) is 0 Å². The number of amides is 1. The fraction of sp³-hybridized carbons (Fsp3) is 0.190. The highest BCUT2D eigenvalue weighted by Gasteiger charge is 2.12. The summed E-state index contributed by atoms with van der Waals surface area (Å²) in [6, 6.07) is 15.1. The predicted octanol–water partition coefficient (Wildman–Crippen LogP) is 3.29. The van der Waals surface area contributed by atoms with Gasteiger partial charge in [0.05, 0.1) is 17.4 Å². The summed E-state index contributed by atoms with van der Waals surface area (Å²) >= 11 is 0. The minimum absolute atomic E-state index is 0.121. The van der Waals surface area contributed by atoms with Crippen LogP contribution >= 0.6 is 0 Å². The summed E-state index contributed by atoms with van der Waals surface area (Å²) in [7, 11) is 0. The average Bonchev–Trinajstić information content (AvgIpc) is 2.65. The van der Waals surface area contributed by atoms with Crippen LogP contribution < -0.4 is 5.56 Å². The van der Waals surface area contributed by atoms with Crippen LogP contribution in [0.3, 0.4) is 0 Å². The number of aryl methyl sites for hydroxylation is 1. The molecule has 0 fully saturated rings. The maximum absolute atomic E-state index is 12.5. The Morgan fingerprint density at radius 2 is 1.88 bits per heavy atom. The molecule has 0 saturated carbocycles. The van der Waals surface area contributed by atoms with Gasteiger partial charge in [0, 0.05) is 12.6 Å². The molecule has 0 unspecified atom stereocenters. The van der Waals surface area contributed by atoms with Gasteiger partial charge in [0.25, 0.3) is 5.56 Å². The highest BCUT2D eigenvalue weighted by Crippen LogP contribution is 2.09. The minimum Gasteiger partial charge on any atom is -0.332 e. The number of likely N-dealkylation sites (N-methyl/N-ethyl adjacent to an activating group) is 1. The second-order valence-electron chi connectivity index (χ2n) is 6.13. The summed E-state index contributed by atoms with van der Waals surface area (Å²) in [6.07, 6.45) is 3.34. The van der Waals surface area contributed by atoms with Crippen LogP contribution in [0.4, 0.5) is 0 Å². The topological polar surface area (TPSA) is 66.1 Å². The van der Waals surface area contributed by atoms with Crippen LogP contribution in [-0.4, -0.2) is 27.3 Å². The van der Waals surface area contributed by atoms with E-state index in [1.165, 1.54) is 5.56 Å². The molecule has 3 rings (SSSR count).